The van der Waals surface area contributed by atoms with E-state index in [2.05, 4.69) is 0 Å². The van der Waals surface area contributed by atoms with E-state index in [9.17, 15) is 19.5 Å². The van der Waals surface area contributed by atoms with Crippen LogP contribution in [0.25, 0.3) is 0 Å². The topological polar surface area (TPSA) is 99.1 Å². The van der Waals surface area contributed by atoms with Gasteiger partial charge in [0.05, 0.1) is 5.57 Å². The van der Waals surface area contributed by atoms with Crippen LogP contribution in [0, 0.1) is 0 Å². The number of aliphatic hydroxyl groups excluding tert-OH is 1. The van der Waals surface area contributed by atoms with Gasteiger partial charge in [0.25, 0.3) is 0 Å². The first-order chi connectivity index (χ1) is 16.0. The summed E-state index contributed by atoms with van der Waals surface area (Å²) in [5.74, 6) is -1.32. The summed E-state index contributed by atoms with van der Waals surface area (Å²) in [5, 5.41) is 10.4. The van der Waals surface area contributed by atoms with Gasteiger partial charge in [-0.15, -0.1) is 0 Å². The number of rotatable bonds is 11. The smallest absolute Gasteiger partial charge is 0.337 e. The van der Waals surface area contributed by atoms with Crippen LogP contribution in [0.15, 0.2) is 58.2 Å². The Hall–Kier alpha value is -2.93. The van der Waals surface area contributed by atoms with Crippen LogP contribution in [-0.4, -0.2) is 47.9 Å². The zero-order valence-corrected chi connectivity index (χ0v) is 21.3. The summed E-state index contributed by atoms with van der Waals surface area (Å²) in [6, 6.07) is 0. The normalized spacial score (nSPS) is 21.2. The number of hydrogen-bond donors (Lipinski definition) is 1. The van der Waals surface area contributed by atoms with Crippen molar-refractivity contribution in [1.29, 1.82) is 0 Å². The Labute approximate surface area is 202 Å². The van der Waals surface area contributed by atoms with Crippen LogP contribution in [-0.2, 0) is 28.6 Å². The number of esters is 3. The highest BCUT2D eigenvalue weighted by atomic mass is 16.6. The zero-order chi connectivity index (χ0) is 25.8. The van der Waals surface area contributed by atoms with E-state index < -0.39 is 30.3 Å². The Morgan fingerprint density at radius 1 is 1.12 bits per heavy atom. The maximum atomic E-state index is 12.2. The molecule has 7 nitrogen and oxygen atoms in total. The first-order valence-electron chi connectivity index (χ1n) is 11.5. The molecular formula is C27H38O7. The van der Waals surface area contributed by atoms with Gasteiger partial charge >= 0.3 is 17.9 Å². The minimum atomic E-state index is -1.05. The molecule has 0 amide bonds. The molecule has 1 aliphatic rings. The maximum Gasteiger partial charge on any atom is 0.337 e. The highest BCUT2D eigenvalue weighted by molar-refractivity contribution is 5.92. The summed E-state index contributed by atoms with van der Waals surface area (Å²) in [7, 11) is 0. The molecule has 0 spiro atoms. The first-order valence-corrected chi connectivity index (χ1v) is 11.5. The van der Waals surface area contributed by atoms with Crippen LogP contribution in [0.1, 0.15) is 67.7 Å². The lowest BCUT2D eigenvalue weighted by Crippen LogP contribution is -2.21. The summed E-state index contributed by atoms with van der Waals surface area (Å²) in [6.45, 7) is 12.6. The van der Waals surface area contributed by atoms with E-state index in [4.69, 9.17) is 14.2 Å². The molecule has 0 aromatic heterocycles. The number of ether oxygens (including phenoxy) is 3. The number of allylic oxidation sites excluding steroid dienone is 4. The Morgan fingerprint density at radius 3 is 2.38 bits per heavy atom. The number of cyclic esters (lactones) is 1. The molecule has 0 aromatic rings. The van der Waals surface area contributed by atoms with E-state index in [0.717, 1.165) is 23.1 Å². The van der Waals surface area contributed by atoms with Gasteiger partial charge in [0.2, 0.25) is 0 Å². The van der Waals surface area contributed by atoms with Crippen LogP contribution in [0.2, 0.25) is 0 Å². The number of carbonyl (C=O) groups is 3. The molecule has 3 unspecified atom stereocenters. The molecule has 0 bridgehead atoms. The maximum absolute atomic E-state index is 12.2. The molecule has 1 rings (SSSR count). The Kier molecular flexibility index (Phi) is 12.3. The second-order valence-electron chi connectivity index (χ2n) is 8.66. The molecule has 0 aliphatic carbocycles. The highest BCUT2D eigenvalue weighted by Crippen LogP contribution is 2.25. The average molecular weight is 475 g/mol. The molecule has 0 saturated carbocycles. The lowest BCUT2D eigenvalue weighted by molar-refractivity contribution is -0.144. The van der Waals surface area contributed by atoms with Crippen LogP contribution in [0.5, 0.6) is 0 Å². The molecule has 1 saturated heterocycles. The summed E-state index contributed by atoms with van der Waals surface area (Å²) in [6.07, 6.45) is 8.24. The molecule has 34 heavy (non-hydrogen) atoms. The van der Waals surface area contributed by atoms with Crippen LogP contribution >= 0.6 is 0 Å². The fraction of sp³-hybridized carbons (Fsp3) is 0.519. The Bertz CT molecular complexity index is 898. The number of hydrogen-bond acceptors (Lipinski definition) is 7. The third-order valence-corrected chi connectivity index (χ3v) is 5.38. The number of carbonyl (C=O) groups excluding carboxylic acids is 3. The van der Waals surface area contributed by atoms with Gasteiger partial charge in [0.1, 0.15) is 18.8 Å². The molecular weight excluding hydrogens is 436 g/mol. The van der Waals surface area contributed by atoms with Gasteiger partial charge in [0.15, 0.2) is 6.10 Å². The van der Waals surface area contributed by atoms with Crippen molar-refractivity contribution in [3.63, 3.8) is 0 Å². The Morgan fingerprint density at radius 2 is 1.79 bits per heavy atom. The van der Waals surface area contributed by atoms with Crippen molar-refractivity contribution in [3.05, 3.63) is 58.2 Å². The van der Waals surface area contributed by atoms with Gasteiger partial charge < -0.3 is 19.3 Å². The van der Waals surface area contributed by atoms with Crippen molar-refractivity contribution in [1.82, 2.24) is 0 Å². The van der Waals surface area contributed by atoms with E-state index in [0.29, 0.717) is 12.0 Å². The van der Waals surface area contributed by atoms with E-state index >= 15 is 0 Å². The van der Waals surface area contributed by atoms with Crippen molar-refractivity contribution in [2.45, 2.75) is 86.0 Å². The molecule has 0 aromatic carbocycles. The van der Waals surface area contributed by atoms with Gasteiger partial charge in [-0.1, -0.05) is 29.4 Å². The largest absolute Gasteiger partial charge is 0.458 e. The van der Waals surface area contributed by atoms with Crippen LogP contribution in [0.4, 0.5) is 0 Å². The monoisotopic (exact) mass is 474 g/mol. The highest BCUT2D eigenvalue weighted by Gasteiger charge is 2.37. The van der Waals surface area contributed by atoms with Gasteiger partial charge in [-0.25, -0.2) is 9.59 Å². The third kappa shape index (κ3) is 9.91. The molecule has 188 valence electrons. The first kappa shape index (κ1) is 29.1. The molecule has 1 aliphatic heterocycles. The molecule has 3 atom stereocenters. The second kappa shape index (κ2) is 14.4. The summed E-state index contributed by atoms with van der Waals surface area (Å²) in [4.78, 5) is 35.4. The minimum Gasteiger partial charge on any atom is -0.458 e. The standard InChI is InChI=1S/C27H38O7/c1-8-19(5)26(30)32-15-14-18(4)10-9-11-20(6)23(33-21(7)28)13-12-22-25(29)24(16-17(2)3)34-27(22)31/h8,11-12,14,16,23-25,29H,9-10,13,15H2,1-7H3. The summed E-state index contributed by atoms with van der Waals surface area (Å²) in [5.41, 5.74) is 3.60. The summed E-state index contributed by atoms with van der Waals surface area (Å²) >= 11 is 0. The van der Waals surface area contributed by atoms with Crippen molar-refractivity contribution in [2.24, 2.45) is 0 Å². The molecule has 0 radical (unpaired) electrons. The zero-order valence-electron chi connectivity index (χ0n) is 21.3. The van der Waals surface area contributed by atoms with Crippen molar-refractivity contribution in [3.8, 4) is 0 Å². The van der Waals surface area contributed by atoms with E-state index in [-0.39, 0.29) is 24.6 Å². The third-order valence-electron chi connectivity index (χ3n) is 5.38. The molecule has 7 heteroatoms. The van der Waals surface area contributed by atoms with Crippen LogP contribution in [0.3, 0.4) is 0 Å². The second-order valence-corrected chi connectivity index (χ2v) is 8.66. The Balaban J connectivity index is 2.75. The van der Waals surface area contributed by atoms with E-state index in [1.807, 2.05) is 39.8 Å². The predicted molar refractivity (Wildman–Crippen MR) is 131 cm³/mol. The number of aliphatic hydroxyl groups is 1. The van der Waals surface area contributed by atoms with Crippen molar-refractivity contribution in [2.75, 3.05) is 6.61 Å². The molecule has 1 heterocycles. The van der Waals surface area contributed by atoms with Crippen LogP contribution < -0.4 is 0 Å². The van der Waals surface area contributed by atoms with Crippen molar-refractivity contribution < 1.29 is 33.7 Å². The molecule has 1 N–H and O–H groups in total. The SMILES string of the molecule is CC=C(C)C(=O)OCC=C(C)CCC=C(C)C(CC=C1C(=O)OC(C=C(C)C)C1O)OC(C)=O. The van der Waals surface area contributed by atoms with Gasteiger partial charge in [0, 0.05) is 18.9 Å². The lowest BCUT2D eigenvalue weighted by atomic mass is 10.0. The fourth-order valence-electron chi connectivity index (χ4n) is 3.23. The van der Waals surface area contributed by atoms with Gasteiger partial charge in [-0.05, 0) is 72.1 Å². The summed E-state index contributed by atoms with van der Waals surface area (Å²) < 4.78 is 15.8. The fourth-order valence-corrected chi connectivity index (χ4v) is 3.23. The van der Waals surface area contributed by atoms with Crippen molar-refractivity contribution >= 4 is 17.9 Å². The van der Waals surface area contributed by atoms with E-state index in [1.54, 1.807) is 32.1 Å². The van der Waals surface area contributed by atoms with E-state index in [1.165, 1.54) is 6.92 Å². The van der Waals surface area contributed by atoms with Gasteiger partial charge in [-0.3, -0.25) is 4.79 Å². The lowest BCUT2D eigenvalue weighted by Gasteiger charge is -2.17. The van der Waals surface area contributed by atoms with Gasteiger partial charge in [-0.2, -0.15) is 0 Å². The predicted octanol–water partition coefficient (Wildman–Crippen LogP) is 4.67. The quantitative estimate of drug-likeness (QED) is 0.201. The average Bonchev–Trinajstić information content (AvgIpc) is 3.01. The molecule has 1 fully saturated rings. The minimum absolute atomic E-state index is 0.175.